The first kappa shape index (κ1) is 13.7. The molecule has 1 aromatic carbocycles. The number of hydrogen-bond acceptors (Lipinski definition) is 2. The Hall–Kier alpha value is -1.75. The largest absolute Gasteiger partial charge is 0.442 e. The van der Waals surface area contributed by atoms with E-state index in [4.69, 9.17) is 16.0 Å². The standard InChI is InChI=1S/C13H8ClF3O2/c14-12-6-5-11(19-12)10(18)7-8-1-3-9(4-2-8)13(15,16)17/h1-6H,7H2. The second kappa shape index (κ2) is 5.09. The Morgan fingerprint density at radius 3 is 2.21 bits per heavy atom. The molecule has 0 fully saturated rings. The van der Waals surface area contributed by atoms with Gasteiger partial charge in [-0.05, 0) is 41.4 Å². The van der Waals surface area contributed by atoms with Crippen molar-refractivity contribution in [3.8, 4) is 0 Å². The smallest absolute Gasteiger partial charge is 0.416 e. The molecule has 1 aromatic heterocycles. The summed E-state index contributed by atoms with van der Waals surface area (Å²) >= 11 is 5.53. The minimum Gasteiger partial charge on any atom is -0.442 e. The third-order valence-corrected chi connectivity index (χ3v) is 2.70. The van der Waals surface area contributed by atoms with Crippen LogP contribution in [0.15, 0.2) is 40.8 Å². The van der Waals surface area contributed by atoms with E-state index in [0.717, 1.165) is 12.1 Å². The quantitative estimate of drug-likeness (QED) is 0.785. The van der Waals surface area contributed by atoms with Gasteiger partial charge in [0.2, 0.25) is 5.78 Å². The normalized spacial score (nSPS) is 11.6. The Kier molecular flexibility index (Phi) is 3.66. The lowest BCUT2D eigenvalue weighted by molar-refractivity contribution is -0.137. The van der Waals surface area contributed by atoms with E-state index in [0.29, 0.717) is 5.56 Å². The molecule has 0 amide bonds. The molecule has 0 atom stereocenters. The number of hydrogen-bond donors (Lipinski definition) is 0. The number of benzene rings is 1. The van der Waals surface area contributed by atoms with Gasteiger partial charge in [-0.25, -0.2) is 0 Å². The van der Waals surface area contributed by atoms with Crippen molar-refractivity contribution >= 4 is 17.4 Å². The van der Waals surface area contributed by atoms with Crippen molar-refractivity contribution < 1.29 is 22.4 Å². The average Bonchev–Trinajstić information content (AvgIpc) is 2.75. The lowest BCUT2D eigenvalue weighted by Gasteiger charge is -2.06. The highest BCUT2D eigenvalue weighted by atomic mass is 35.5. The lowest BCUT2D eigenvalue weighted by Crippen LogP contribution is -2.06. The SMILES string of the molecule is O=C(Cc1ccc(C(F)(F)F)cc1)c1ccc(Cl)o1. The zero-order chi connectivity index (χ0) is 14.0. The highest BCUT2D eigenvalue weighted by Gasteiger charge is 2.30. The number of furan rings is 1. The Morgan fingerprint density at radius 1 is 1.11 bits per heavy atom. The first-order chi connectivity index (χ1) is 8.86. The summed E-state index contributed by atoms with van der Waals surface area (Å²) < 4.78 is 42.0. The monoisotopic (exact) mass is 288 g/mol. The molecule has 0 aliphatic heterocycles. The molecule has 0 unspecified atom stereocenters. The summed E-state index contributed by atoms with van der Waals surface area (Å²) in [5.74, 6) is -0.253. The summed E-state index contributed by atoms with van der Waals surface area (Å²) in [6, 6.07) is 7.28. The maximum absolute atomic E-state index is 12.4. The van der Waals surface area contributed by atoms with Crippen LogP contribution >= 0.6 is 11.6 Å². The van der Waals surface area contributed by atoms with Crippen molar-refractivity contribution in [2.75, 3.05) is 0 Å². The van der Waals surface area contributed by atoms with Gasteiger partial charge in [0.25, 0.3) is 0 Å². The van der Waals surface area contributed by atoms with Crippen molar-refractivity contribution in [1.82, 2.24) is 0 Å². The molecule has 0 saturated carbocycles. The van der Waals surface area contributed by atoms with Gasteiger partial charge in [0.1, 0.15) is 0 Å². The fourth-order valence-corrected chi connectivity index (χ4v) is 1.69. The lowest BCUT2D eigenvalue weighted by atomic mass is 10.1. The highest BCUT2D eigenvalue weighted by molar-refractivity contribution is 6.29. The van der Waals surface area contributed by atoms with Crippen LogP contribution in [-0.2, 0) is 12.6 Å². The van der Waals surface area contributed by atoms with Crippen molar-refractivity contribution in [3.63, 3.8) is 0 Å². The van der Waals surface area contributed by atoms with Crippen LogP contribution in [0.2, 0.25) is 5.22 Å². The zero-order valence-corrected chi connectivity index (χ0v) is 10.3. The van der Waals surface area contributed by atoms with Crippen LogP contribution in [-0.4, -0.2) is 5.78 Å². The molecule has 0 saturated heterocycles. The summed E-state index contributed by atoms with van der Waals surface area (Å²) in [6.07, 6.45) is -4.42. The number of carbonyl (C=O) groups is 1. The number of halogens is 4. The molecule has 0 radical (unpaired) electrons. The Balaban J connectivity index is 2.10. The molecular formula is C13H8ClF3O2. The fourth-order valence-electron chi connectivity index (χ4n) is 1.55. The minimum atomic E-state index is -4.38. The number of Topliss-reactive ketones (excluding diaryl/α,β-unsaturated/α-hetero) is 1. The van der Waals surface area contributed by atoms with Crippen LogP contribution < -0.4 is 0 Å². The molecule has 6 heteroatoms. The van der Waals surface area contributed by atoms with Crippen molar-refractivity contribution in [3.05, 3.63) is 58.5 Å². The molecule has 100 valence electrons. The summed E-state index contributed by atoms with van der Waals surface area (Å²) in [5.41, 5.74) is -0.268. The van der Waals surface area contributed by atoms with E-state index in [1.54, 1.807) is 0 Å². The molecule has 0 bridgehead atoms. The molecule has 1 heterocycles. The predicted molar refractivity (Wildman–Crippen MR) is 63.2 cm³/mol. The van der Waals surface area contributed by atoms with E-state index >= 15 is 0 Å². The van der Waals surface area contributed by atoms with Gasteiger partial charge in [-0.1, -0.05) is 12.1 Å². The van der Waals surface area contributed by atoms with Gasteiger partial charge in [0.05, 0.1) is 5.56 Å². The maximum atomic E-state index is 12.4. The van der Waals surface area contributed by atoms with E-state index in [9.17, 15) is 18.0 Å². The van der Waals surface area contributed by atoms with Gasteiger partial charge >= 0.3 is 6.18 Å². The molecule has 0 aliphatic rings. The molecule has 0 spiro atoms. The summed E-state index contributed by atoms with van der Waals surface area (Å²) in [7, 11) is 0. The first-order valence-electron chi connectivity index (χ1n) is 5.31. The molecule has 2 aromatic rings. The first-order valence-corrected chi connectivity index (χ1v) is 5.69. The van der Waals surface area contributed by atoms with Gasteiger partial charge < -0.3 is 4.42 Å². The number of alkyl halides is 3. The van der Waals surface area contributed by atoms with E-state index in [1.165, 1.54) is 24.3 Å². The molecule has 0 N–H and O–H groups in total. The third kappa shape index (κ3) is 3.38. The molecule has 0 aliphatic carbocycles. The zero-order valence-electron chi connectivity index (χ0n) is 9.50. The van der Waals surface area contributed by atoms with E-state index in [-0.39, 0.29) is 23.2 Å². The Morgan fingerprint density at radius 2 is 1.74 bits per heavy atom. The summed E-state index contributed by atoms with van der Waals surface area (Å²) in [4.78, 5) is 11.7. The van der Waals surface area contributed by atoms with Gasteiger partial charge in [-0.2, -0.15) is 13.2 Å². The average molecular weight is 289 g/mol. The number of carbonyl (C=O) groups excluding carboxylic acids is 1. The van der Waals surface area contributed by atoms with Gasteiger partial charge in [-0.15, -0.1) is 0 Å². The Bertz CT molecular complexity index is 585. The Labute approximate surface area is 111 Å². The topological polar surface area (TPSA) is 30.2 Å². The second-order valence-electron chi connectivity index (χ2n) is 3.90. The molecule has 2 nitrogen and oxygen atoms in total. The van der Waals surface area contributed by atoms with Crippen LogP contribution in [0, 0.1) is 0 Å². The van der Waals surface area contributed by atoms with Crippen molar-refractivity contribution in [2.24, 2.45) is 0 Å². The molecular weight excluding hydrogens is 281 g/mol. The van der Waals surface area contributed by atoms with Crippen molar-refractivity contribution in [1.29, 1.82) is 0 Å². The van der Waals surface area contributed by atoms with Crippen LogP contribution in [0.1, 0.15) is 21.7 Å². The van der Waals surface area contributed by atoms with Crippen LogP contribution in [0.5, 0.6) is 0 Å². The molecule has 2 rings (SSSR count). The van der Waals surface area contributed by atoms with Gasteiger partial charge in [0, 0.05) is 6.42 Å². The number of rotatable bonds is 3. The van der Waals surface area contributed by atoms with Crippen LogP contribution in [0.4, 0.5) is 13.2 Å². The maximum Gasteiger partial charge on any atom is 0.416 e. The van der Waals surface area contributed by atoms with Crippen molar-refractivity contribution in [2.45, 2.75) is 12.6 Å². The predicted octanol–water partition coefficient (Wildman–Crippen LogP) is 4.38. The minimum absolute atomic E-state index is 0.0397. The van der Waals surface area contributed by atoms with Crippen LogP contribution in [0.25, 0.3) is 0 Å². The van der Waals surface area contributed by atoms with E-state index in [1.807, 2.05) is 0 Å². The van der Waals surface area contributed by atoms with E-state index < -0.39 is 11.7 Å². The number of ketones is 1. The fraction of sp³-hybridized carbons (Fsp3) is 0.154. The molecule has 19 heavy (non-hydrogen) atoms. The van der Waals surface area contributed by atoms with E-state index in [2.05, 4.69) is 0 Å². The van der Waals surface area contributed by atoms with Gasteiger partial charge in [0.15, 0.2) is 11.0 Å². The summed E-state index contributed by atoms with van der Waals surface area (Å²) in [5, 5.41) is 0.0933. The third-order valence-electron chi connectivity index (χ3n) is 2.49. The summed E-state index contributed by atoms with van der Waals surface area (Å²) in [6.45, 7) is 0. The van der Waals surface area contributed by atoms with Gasteiger partial charge in [-0.3, -0.25) is 4.79 Å². The highest BCUT2D eigenvalue weighted by Crippen LogP contribution is 2.29. The second-order valence-corrected chi connectivity index (χ2v) is 4.27. The van der Waals surface area contributed by atoms with Crippen LogP contribution in [0.3, 0.4) is 0 Å².